The molecule has 7 heteroatoms. The van der Waals surface area contributed by atoms with Crippen molar-refractivity contribution in [3.63, 3.8) is 0 Å². The second-order valence-electron chi connectivity index (χ2n) is 4.38. The maximum absolute atomic E-state index is 14.0. The quantitative estimate of drug-likeness (QED) is 0.841. The number of likely N-dealkylation sites (N-methyl/N-ethyl adjacent to an activating group) is 1. The first-order valence-electron chi connectivity index (χ1n) is 6.12. The molecule has 1 aromatic rings. The first kappa shape index (κ1) is 15.6. The summed E-state index contributed by atoms with van der Waals surface area (Å²) in [6.07, 6.45) is 0.844. The Morgan fingerprint density at radius 1 is 1.33 bits per heavy atom. The minimum atomic E-state index is -1.28. The summed E-state index contributed by atoms with van der Waals surface area (Å²) in [7, 11) is 0. The summed E-state index contributed by atoms with van der Waals surface area (Å²) in [6.45, 7) is 1.84. The Hall–Kier alpha value is -1.79. The average Bonchev–Trinajstić information content (AvgIpc) is 2.41. The van der Waals surface area contributed by atoms with Gasteiger partial charge in [-0.3, -0.25) is 0 Å². The van der Waals surface area contributed by atoms with Crippen molar-refractivity contribution < 1.29 is 18.3 Å². The number of aliphatic hydroxyl groups excluding tert-OH is 1. The molecule has 1 unspecified atom stereocenters. The molecule has 21 heavy (non-hydrogen) atoms. The molecule has 1 atom stereocenters. The van der Waals surface area contributed by atoms with Crippen molar-refractivity contribution in [2.45, 2.75) is 13.2 Å². The van der Waals surface area contributed by atoms with E-state index < -0.39 is 29.2 Å². The van der Waals surface area contributed by atoms with Crippen LogP contribution in [0.5, 0.6) is 0 Å². The maximum Gasteiger partial charge on any atom is 0.164 e. The van der Waals surface area contributed by atoms with E-state index in [4.69, 9.17) is 17.0 Å². The van der Waals surface area contributed by atoms with E-state index >= 15 is 0 Å². The van der Waals surface area contributed by atoms with Crippen LogP contribution >= 0.6 is 11.6 Å². The molecule has 0 bridgehead atoms. The first-order valence-corrected chi connectivity index (χ1v) is 6.50. The highest BCUT2D eigenvalue weighted by atomic mass is 35.5. The van der Waals surface area contributed by atoms with Gasteiger partial charge in [0, 0.05) is 30.5 Å². The first-order chi connectivity index (χ1) is 9.90. The Morgan fingerprint density at radius 3 is 2.38 bits per heavy atom. The van der Waals surface area contributed by atoms with Gasteiger partial charge in [0.1, 0.15) is 17.5 Å². The van der Waals surface area contributed by atoms with Crippen LogP contribution in [0.25, 0.3) is 5.70 Å². The molecule has 0 fully saturated rings. The predicted molar refractivity (Wildman–Crippen MR) is 74.3 cm³/mol. The molecule has 3 nitrogen and oxygen atoms in total. The van der Waals surface area contributed by atoms with E-state index in [9.17, 15) is 18.3 Å². The molecule has 2 N–H and O–H groups in total. The van der Waals surface area contributed by atoms with Gasteiger partial charge < -0.3 is 15.4 Å². The Balaban J connectivity index is 2.76. The number of hydrogen-bond donors (Lipinski definition) is 2. The average molecular weight is 317 g/mol. The van der Waals surface area contributed by atoms with Crippen molar-refractivity contribution in [3.8, 4) is 0 Å². The zero-order valence-electron chi connectivity index (χ0n) is 11.0. The minimum Gasteiger partial charge on any atom is -0.368 e. The standard InChI is InChI=1S/C14H12ClF3N2O/c1-2-20-13(7(6-19)3-9(15)14(20)21)12-10(17)4-8(16)5-11(12)18/h3-6,14,19,21H,2H2,1H3. The predicted octanol–water partition coefficient (Wildman–Crippen LogP) is 3.24. The van der Waals surface area contributed by atoms with E-state index in [1.807, 2.05) is 0 Å². The third-order valence-electron chi connectivity index (χ3n) is 3.14. The molecule has 0 radical (unpaired) electrons. The molecule has 1 aromatic carbocycles. The van der Waals surface area contributed by atoms with E-state index in [0.29, 0.717) is 12.1 Å². The lowest BCUT2D eigenvalue weighted by Crippen LogP contribution is -2.37. The van der Waals surface area contributed by atoms with Crippen LogP contribution in [0.4, 0.5) is 13.2 Å². The molecule has 0 aliphatic carbocycles. The van der Waals surface area contributed by atoms with Crippen molar-refractivity contribution in [3.05, 3.63) is 51.8 Å². The number of hydrogen-bond acceptors (Lipinski definition) is 3. The fourth-order valence-electron chi connectivity index (χ4n) is 2.23. The molecule has 0 amide bonds. The number of halogens is 4. The summed E-state index contributed by atoms with van der Waals surface area (Å²) < 4.78 is 41.0. The second kappa shape index (κ2) is 5.91. The molecule has 112 valence electrons. The van der Waals surface area contributed by atoms with Crippen molar-refractivity contribution in [1.82, 2.24) is 4.90 Å². The largest absolute Gasteiger partial charge is 0.368 e. The molecule has 0 saturated carbocycles. The highest BCUT2D eigenvalue weighted by Crippen LogP contribution is 2.35. The molecule has 1 aliphatic heterocycles. The highest BCUT2D eigenvalue weighted by Gasteiger charge is 2.31. The summed E-state index contributed by atoms with van der Waals surface area (Å²) in [4.78, 5) is 1.24. The van der Waals surface area contributed by atoms with Crippen LogP contribution in [0.15, 0.2) is 28.8 Å². The lowest BCUT2D eigenvalue weighted by atomic mass is 10.00. The summed E-state index contributed by atoms with van der Waals surface area (Å²) in [6, 6.07) is 1.10. The number of nitrogens with zero attached hydrogens (tertiary/aromatic N) is 1. The SMILES string of the molecule is CCN1C(c2c(F)cc(F)cc2F)=C(C=N)C=C(Cl)C1O. The fourth-order valence-corrected chi connectivity index (χ4v) is 2.46. The van der Waals surface area contributed by atoms with Gasteiger partial charge in [0.05, 0.1) is 16.3 Å². The lowest BCUT2D eigenvalue weighted by Gasteiger charge is -2.35. The molecule has 1 heterocycles. The van der Waals surface area contributed by atoms with Gasteiger partial charge >= 0.3 is 0 Å². The maximum atomic E-state index is 14.0. The van der Waals surface area contributed by atoms with Crippen LogP contribution in [0.2, 0.25) is 0 Å². The topological polar surface area (TPSA) is 47.3 Å². The Labute approximate surface area is 124 Å². The fraction of sp³-hybridized carbons (Fsp3) is 0.214. The van der Waals surface area contributed by atoms with Gasteiger partial charge in [0.2, 0.25) is 0 Å². The van der Waals surface area contributed by atoms with Gasteiger partial charge in [-0.2, -0.15) is 0 Å². The number of aliphatic hydroxyl groups is 1. The van der Waals surface area contributed by atoms with E-state index in [1.165, 1.54) is 11.0 Å². The van der Waals surface area contributed by atoms with Crippen molar-refractivity contribution in [2.24, 2.45) is 0 Å². The van der Waals surface area contributed by atoms with Crippen LogP contribution in [0.1, 0.15) is 12.5 Å². The molecular formula is C14H12ClF3N2O. The minimum absolute atomic E-state index is 0.0297. The highest BCUT2D eigenvalue weighted by molar-refractivity contribution is 6.31. The normalized spacial score (nSPS) is 18.9. The van der Waals surface area contributed by atoms with E-state index in [-0.39, 0.29) is 22.8 Å². The van der Waals surface area contributed by atoms with E-state index in [0.717, 1.165) is 6.21 Å². The van der Waals surface area contributed by atoms with Crippen LogP contribution in [0, 0.1) is 22.9 Å². The molecule has 2 rings (SSSR count). The van der Waals surface area contributed by atoms with E-state index in [1.54, 1.807) is 6.92 Å². The third kappa shape index (κ3) is 2.69. The van der Waals surface area contributed by atoms with Crippen molar-refractivity contribution in [1.29, 1.82) is 5.41 Å². The van der Waals surface area contributed by atoms with Crippen molar-refractivity contribution in [2.75, 3.05) is 6.54 Å². The number of allylic oxidation sites excluding steroid dienone is 2. The Bertz CT molecular complexity index is 635. The van der Waals surface area contributed by atoms with Gasteiger partial charge in [0.15, 0.2) is 6.23 Å². The number of rotatable bonds is 3. The van der Waals surface area contributed by atoms with Gasteiger partial charge in [-0.25, -0.2) is 13.2 Å². The summed E-state index contributed by atoms with van der Waals surface area (Å²) in [5.74, 6) is -3.27. The number of nitrogens with one attached hydrogen (secondary N) is 1. The van der Waals surface area contributed by atoms with Crippen LogP contribution < -0.4 is 0 Å². The summed E-state index contributed by atoms with van der Waals surface area (Å²) in [5, 5.41) is 17.4. The number of benzene rings is 1. The van der Waals surface area contributed by atoms with Gasteiger partial charge in [-0.05, 0) is 13.0 Å². The van der Waals surface area contributed by atoms with Gasteiger partial charge in [-0.15, -0.1) is 0 Å². The van der Waals surface area contributed by atoms with Crippen LogP contribution in [-0.4, -0.2) is 29.0 Å². The van der Waals surface area contributed by atoms with E-state index in [2.05, 4.69) is 0 Å². The molecule has 0 aromatic heterocycles. The molecular weight excluding hydrogens is 305 g/mol. The zero-order valence-corrected chi connectivity index (χ0v) is 11.8. The smallest absolute Gasteiger partial charge is 0.164 e. The lowest BCUT2D eigenvalue weighted by molar-refractivity contribution is 0.0856. The second-order valence-corrected chi connectivity index (χ2v) is 4.82. The monoisotopic (exact) mass is 316 g/mol. The molecule has 1 aliphatic rings. The van der Waals surface area contributed by atoms with Gasteiger partial charge in [-0.1, -0.05) is 11.6 Å². The molecule has 0 spiro atoms. The molecule has 0 saturated heterocycles. The summed E-state index contributed by atoms with van der Waals surface area (Å²) >= 11 is 5.86. The van der Waals surface area contributed by atoms with Crippen molar-refractivity contribution >= 4 is 23.5 Å². The zero-order chi connectivity index (χ0) is 15.7. The Morgan fingerprint density at radius 2 is 1.90 bits per heavy atom. The van der Waals surface area contributed by atoms with Gasteiger partial charge in [0.25, 0.3) is 0 Å². The third-order valence-corrected chi connectivity index (χ3v) is 3.44. The Kier molecular flexibility index (Phi) is 4.39. The van der Waals surface area contributed by atoms with Crippen LogP contribution in [0.3, 0.4) is 0 Å². The summed E-state index contributed by atoms with van der Waals surface area (Å²) in [5.41, 5.74) is -0.424. The van der Waals surface area contributed by atoms with Crippen LogP contribution in [-0.2, 0) is 0 Å².